The Hall–Kier alpha value is -4.52. The van der Waals surface area contributed by atoms with E-state index in [1.807, 2.05) is 25.2 Å². The van der Waals surface area contributed by atoms with E-state index in [1.165, 1.54) is 17.8 Å². The maximum absolute atomic E-state index is 12.6. The minimum Gasteiger partial charge on any atom is -0.388 e. The molecule has 0 bridgehead atoms. The Morgan fingerprint density at radius 2 is 1.80 bits per heavy atom. The summed E-state index contributed by atoms with van der Waals surface area (Å²) >= 11 is 5.77. The molecule has 1 aliphatic carbocycles. The van der Waals surface area contributed by atoms with Crippen LogP contribution in [-0.2, 0) is 27.3 Å². The summed E-state index contributed by atoms with van der Waals surface area (Å²) in [7, 11) is 5.28. The number of anilines is 2. The van der Waals surface area contributed by atoms with Crippen LogP contribution in [-0.4, -0.2) is 66.7 Å². The largest absolute Gasteiger partial charge is 0.388 e. The molecule has 246 valence electrons. The van der Waals surface area contributed by atoms with E-state index < -0.39 is 0 Å². The molecule has 11 nitrogen and oxygen atoms in total. The lowest BCUT2D eigenvalue weighted by Crippen LogP contribution is -2.22. The van der Waals surface area contributed by atoms with Gasteiger partial charge in [-0.05, 0) is 81.2 Å². The third-order valence-electron chi connectivity index (χ3n) is 7.09. The van der Waals surface area contributed by atoms with Gasteiger partial charge in [0.1, 0.15) is 35.1 Å². The summed E-state index contributed by atoms with van der Waals surface area (Å²) in [6.07, 6.45) is 6.21. The summed E-state index contributed by atoms with van der Waals surface area (Å²) in [5, 5.41) is 14.2. The molecule has 13 heteroatoms. The number of nitrogens with two attached hydrogens (primary N) is 1. The van der Waals surface area contributed by atoms with Crippen molar-refractivity contribution >= 4 is 58.8 Å². The standard InChI is InChI=1S/C13H18ClN3O.C11H11N3O2.C8H7FO.CH5N/c1-15-10-6-5-9(7-10)8-13(18)17-12-4-2-3-11(14)16-12;1-12-8-2-3-11-9(6-8)10(7-16)13-14(11)4-5-15;9-8-4-2-1-3-7(8)5-6-10;1-2/h2-4,9-10,15H,5-8H2,1H3,(H,16,17,18);2-3,5-7,12H,4H2,1H3;1-4,6H,5H2;2H2,1H3. The van der Waals surface area contributed by atoms with Crippen molar-refractivity contribution in [3.8, 4) is 0 Å². The van der Waals surface area contributed by atoms with E-state index in [0.29, 0.717) is 53.2 Å². The number of nitrogens with one attached hydrogen (secondary N) is 3. The first-order valence-electron chi connectivity index (χ1n) is 14.7. The fraction of sp³-hybridized carbons (Fsp3) is 0.333. The zero-order valence-electron chi connectivity index (χ0n) is 26.2. The molecule has 5 N–H and O–H groups in total. The van der Waals surface area contributed by atoms with E-state index in [2.05, 4.69) is 31.8 Å². The summed E-state index contributed by atoms with van der Waals surface area (Å²) in [6, 6.07) is 17.6. The lowest BCUT2D eigenvalue weighted by Gasteiger charge is -2.10. The number of nitrogens with zero attached hydrogens (tertiary/aromatic N) is 3. The van der Waals surface area contributed by atoms with Crippen LogP contribution in [0.2, 0.25) is 5.15 Å². The van der Waals surface area contributed by atoms with E-state index in [4.69, 9.17) is 11.6 Å². The maximum atomic E-state index is 12.6. The van der Waals surface area contributed by atoms with Gasteiger partial charge in [0.2, 0.25) is 5.91 Å². The number of hydrogen-bond donors (Lipinski definition) is 4. The summed E-state index contributed by atoms with van der Waals surface area (Å²) in [4.78, 5) is 47.2. The van der Waals surface area contributed by atoms with Crippen LogP contribution in [0, 0.1) is 11.7 Å². The number of aromatic nitrogens is 3. The van der Waals surface area contributed by atoms with Gasteiger partial charge in [-0.3, -0.25) is 14.3 Å². The predicted octanol–water partition coefficient (Wildman–Crippen LogP) is 4.68. The first-order chi connectivity index (χ1) is 22.3. The predicted molar refractivity (Wildman–Crippen MR) is 180 cm³/mol. The molecular weight excluding hydrogens is 613 g/mol. The highest BCUT2D eigenvalue weighted by Gasteiger charge is 2.25. The summed E-state index contributed by atoms with van der Waals surface area (Å²) in [5.74, 6) is 0.707. The van der Waals surface area contributed by atoms with Crippen LogP contribution in [0.25, 0.3) is 10.9 Å². The molecular formula is C33H41ClFN7O4. The van der Waals surface area contributed by atoms with Crippen LogP contribution >= 0.6 is 11.6 Å². The van der Waals surface area contributed by atoms with Gasteiger partial charge in [0.25, 0.3) is 0 Å². The molecule has 4 aromatic rings. The number of halogens is 2. The Bertz CT molecular complexity index is 1570. The third kappa shape index (κ3) is 11.8. The molecule has 5 rings (SSSR count). The van der Waals surface area contributed by atoms with Crippen molar-refractivity contribution in [2.75, 3.05) is 31.8 Å². The van der Waals surface area contributed by atoms with Gasteiger partial charge in [0.15, 0.2) is 6.29 Å². The SMILES string of the molecule is CN.CNC1CCC(CC(=O)Nc2cccc(Cl)n2)C1.CNc1ccc2c(c1)c(C=O)nn2CC=O.O=CCc1ccccc1F. The minimum absolute atomic E-state index is 0.0199. The van der Waals surface area contributed by atoms with Crippen molar-refractivity contribution in [1.29, 1.82) is 0 Å². The van der Waals surface area contributed by atoms with Crippen molar-refractivity contribution in [2.45, 2.75) is 44.7 Å². The van der Waals surface area contributed by atoms with Crippen LogP contribution in [0.3, 0.4) is 0 Å². The average molecular weight is 654 g/mol. The normalized spacial score (nSPS) is 14.7. The second-order valence-electron chi connectivity index (χ2n) is 10.1. The van der Waals surface area contributed by atoms with Crippen LogP contribution in [0.5, 0.6) is 0 Å². The van der Waals surface area contributed by atoms with Crippen molar-refractivity contribution in [3.63, 3.8) is 0 Å². The topological polar surface area (TPSA) is 161 Å². The molecule has 46 heavy (non-hydrogen) atoms. The highest BCUT2D eigenvalue weighted by atomic mass is 35.5. The molecule has 2 heterocycles. The van der Waals surface area contributed by atoms with Crippen LogP contribution in [0.4, 0.5) is 15.9 Å². The summed E-state index contributed by atoms with van der Waals surface area (Å²) in [6.45, 7) is 0.156. The van der Waals surface area contributed by atoms with E-state index in [9.17, 15) is 23.6 Å². The molecule has 1 aliphatic rings. The Morgan fingerprint density at radius 3 is 2.41 bits per heavy atom. The second kappa shape index (κ2) is 20.5. The monoisotopic (exact) mass is 653 g/mol. The molecule has 1 saturated carbocycles. The third-order valence-corrected chi connectivity index (χ3v) is 7.30. The van der Waals surface area contributed by atoms with Gasteiger partial charge in [-0.1, -0.05) is 35.9 Å². The Labute approximate surface area is 273 Å². The number of amides is 1. The summed E-state index contributed by atoms with van der Waals surface area (Å²) < 4.78 is 14.1. The molecule has 1 fully saturated rings. The molecule has 2 atom stereocenters. The number of hydrogen-bond acceptors (Lipinski definition) is 9. The number of benzene rings is 2. The van der Waals surface area contributed by atoms with Crippen LogP contribution in [0.15, 0.2) is 60.7 Å². The molecule has 1 amide bonds. The second-order valence-corrected chi connectivity index (χ2v) is 10.4. The molecule has 0 saturated heterocycles. The Morgan fingerprint density at radius 1 is 1.04 bits per heavy atom. The van der Waals surface area contributed by atoms with Crippen molar-refractivity contribution in [1.82, 2.24) is 20.1 Å². The zero-order valence-corrected chi connectivity index (χ0v) is 27.0. The highest BCUT2D eigenvalue weighted by molar-refractivity contribution is 6.29. The van der Waals surface area contributed by atoms with Gasteiger partial charge in [-0.25, -0.2) is 9.37 Å². The number of aldehydes is 3. The number of carbonyl (C=O) groups excluding carboxylic acids is 4. The van der Waals surface area contributed by atoms with Gasteiger partial charge >= 0.3 is 0 Å². The fourth-order valence-corrected chi connectivity index (χ4v) is 5.03. The lowest BCUT2D eigenvalue weighted by atomic mass is 10.0. The smallest absolute Gasteiger partial charge is 0.225 e. The van der Waals surface area contributed by atoms with E-state index in [0.717, 1.165) is 42.1 Å². The van der Waals surface area contributed by atoms with Gasteiger partial charge < -0.3 is 31.3 Å². The minimum atomic E-state index is -0.311. The molecule has 0 spiro atoms. The Kier molecular flexibility index (Phi) is 16.8. The van der Waals surface area contributed by atoms with Gasteiger partial charge in [0, 0.05) is 37.0 Å². The van der Waals surface area contributed by atoms with E-state index in [-0.39, 0.29) is 24.7 Å². The molecule has 0 radical (unpaired) electrons. The quantitative estimate of drug-likeness (QED) is 0.141. The lowest BCUT2D eigenvalue weighted by molar-refractivity contribution is -0.117. The van der Waals surface area contributed by atoms with Gasteiger partial charge in [-0.2, -0.15) is 5.10 Å². The van der Waals surface area contributed by atoms with Crippen molar-refractivity contribution < 1.29 is 23.6 Å². The number of pyridine rings is 1. The first-order valence-corrected chi connectivity index (χ1v) is 15.1. The average Bonchev–Trinajstić information content (AvgIpc) is 3.67. The summed E-state index contributed by atoms with van der Waals surface area (Å²) in [5.41, 5.74) is 7.00. The molecule has 2 aromatic heterocycles. The zero-order chi connectivity index (χ0) is 33.9. The molecule has 2 unspecified atom stereocenters. The Balaban J connectivity index is 0.000000242. The fourth-order valence-electron chi connectivity index (χ4n) is 4.87. The maximum Gasteiger partial charge on any atom is 0.225 e. The van der Waals surface area contributed by atoms with Gasteiger partial charge in [0.05, 0.1) is 12.1 Å². The van der Waals surface area contributed by atoms with E-state index >= 15 is 0 Å². The molecule has 0 aliphatic heterocycles. The van der Waals surface area contributed by atoms with Gasteiger partial charge in [-0.15, -0.1) is 0 Å². The van der Waals surface area contributed by atoms with E-state index in [1.54, 1.807) is 43.4 Å². The van der Waals surface area contributed by atoms with Crippen LogP contribution in [0.1, 0.15) is 41.7 Å². The number of fused-ring (bicyclic) bond motifs is 1. The van der Waals surface area contributed by atoms with Crippen LogP contribution < -0.4 is 21.7 Å². The molecule has 2 aromatic carbocycles. The first kappa shape index (κ1) is 37.7. The number of rotatable bonds is 10. The van der Waals surface area contributed by atoms with Crippen molar-refractivity contribution in [2.24, 2.45) is 11.7 Å². The highest BCUT2D eigenvalue weighted by Crippen LogP contribution is 2.28. The van der Waals surface area contributed by atoms with Crippen molar-refractivity contribution in [3.05, 3.63) is 82.9 Å². The number of carbonyl (C=O) groups is 4.